The van der Waals surface area contributed by atoms with Crippen molar-refractivity contribution in [1.82, 2.24) is 4.90 Å². The highest BCUT2D eigenvalue weighted by molar-refractivity contribution is 5.23. The Kier molecular flexibility index (Phi) is 5.34. The van der Waals surface area contributed by atoms with Crippen molar-refractivity contribution in [1.29, 1.82) is 0 Å². The van der Waals surface area contributed by atoms with Crippen LogP contribution in [0.25, 0.3) is 0 Å². The quantitative estimate of drug-likeness (QED) is 0.892. The van der Waals surface area contributed by atoms with Crippen LogP contribution in [-0.2, 0) is 4.74 Å². The van der Waals surface area contributed by atoms with Gasteiger partial charge in [0.25, 0.3) is 0 Å². The van der Waals surface area contributed by atoms with Crippen molar-refractivity contribution in [2.45, 2.75) is 32.2 Å². The van der Waals surface area contributed by atoms with Crippen LogP contribution in [0.15, 0.2) is 24.3 Å². The Morgan fingerprint density at radius 2 is 2.00 bits per heavy atom. The second kappa shape index (κ2) is 7.02. The summed E-state index contributed by atoms with van der Waals surface area (Å²) >= 11 is 0. The second-order valence-corrected chi connectivity index (χ2v) is 5.37. The van der Waals surface area contributed by atoms with Crippen LogP contribution in [0.1, 0.15) is 13.8 Å². The van der Waals surface area contributed by atoms with E-state index in [0.717, 1.165) is 13.1 Å². The minimum atomic E-state index is -0.646. The normalized spacial score (nSPS) is 25.4. The van der Waals surface area contributed by atoms with E-state index in [1.165, 1.54) is 6.07 Å². The molecule has 4 nitrogen and oxygen atoms in total. The Morgan fingerprint density at radius 3 is 2.65 bits per heavy atom. The van der Waals surface area contributed by atoms with Gasteiger partial charge in [0.15, 0.2) is 11.6 Å². The summed E-state index contributed by atoms with van der Waals surface area (Å²) in [7, 11) is 0. The first-order chi connectivity index (χ1) is 9.54. The van der Waals surface area contributed by atoms with E-state index in [1.807, 2.05) is 13.8 Å². The summed E-state index contributed by atoms with van der Waals surface area (Å²) in [5.41, 5.74) is 0. The third-order valence-corrected chi connectivity index (χ3v) is 3.23. The summed E-state index contributed by atoms with van der Waals surface area (Å²) in [6.45, 7) is 6.21. The first-order valence-electron chi connectivity index (χ1n) is 6.98. The molecule has 2 rings (SSSR count). The lowest BCUT2D eigenvalue weighted by Crippen LogP contribution is -2.48. The van der Waals surface area contributed by atoms with Gasteiger partial charge in [-0.05, 0) is 26.0 Å². The number of aliphatic hydroxyl groups is 1. The molecule has 0 aliphatic carbocycles. The van der Waals surface area contributed by atoms with E-state index in [9.17, 15) is 9.50 Å². The van der Waals surface area contributed by atoms with Crippen LogP contribution < -0.4 is 4.74 Å². The van der Waals surface area contributed by atoms with Gasteiger partial charge in [0.1, 0.15) is 12.7 Å². The molecule has 0 unspecified atom stereocenters. The molecule has 1 saturated heterocycles. The van der Waals surface area contributed by atoms with E-state index < -0.39 is 11.9 Å². The number of ether oxygens (including phenoxy) is 2. The molecule has 20 heavy (non-hydrogen) atoms. The van der Waals surface area contributed by atoms with Crippen molar-refractivity contribution in [3.63, 3.8) is 0 Å². The highest BCUT2D eigenvalue weighted by atomic mass is 19.1. The maximum Gasteiger partial charge on any atom is 0.165 e. The third kappa shape index (κ3) is 4.44. The monoisotopic (exact) mass is 283 g/mol. The fourth-order valence-electron chi connectivity index (χ4n) is 2.53. The minimum Gasteiger partial charge on any atom is -0.488 e. The predicted octanol–water partition coefficient (Wildman–Crippen LogP) is 1.67. The maximum absolute atomic E-state index is 13.4. The summed E-state index contributed by atoms with van der Waals surface area (Å²) in [4.78, 5) is 2.15. The van der Waals surface area contributed by atoms with Gasteiger partial charge < -0.3 is 14.6 Å². The predicted molar refractivity (Wildman–Crippen MR) is 74.4 cm³/mol. The van der Waals surface area contributed by atoms with E-state index in [-0.39, 0.29) is 24.6 Å². The van der Waals surface area contributed by atoms with Crippen molar-refractivity contribution >= 4 is 0 Å². The molecule has 0 bridgehead atoms. The molecule has 1 aliphatic rings. The number of halogens is 1. The van der Waals surface area contributed by atoms with E-state index in [2.05, 4.69) is 4.90 Å². The first-order valence-corrected chi connectivity index (χ1v) is 6.98. The molecule has 0 spiro atoms. The van der Waals surface area contributed by atoms with Crippen LogP contribution >= 0.6 is 0 Å². The average Bonchev–Trinajstić information content (AvgIpc) is 2.36. The van der Waals surface area contributed by atoms with Crippen molar-refractivity contribution in [2.75, 3.05) is 26.2 Å². The largest absolute Gasteiger partial charge is 0.488 e. The molecule has 0 aromatic heterocycles. The number of aliphatic hydroxyl groups excluding tert-OH is 1. The zero-order valence-electron chi connectivity index (χ0n) is 12.0. The standard InChI is InChI=1S/C15H22FNO3/c1-11-7-17(8-12(2)20-11)9-13(18)10-19-15-6-4-3-5-14(15)16/h3-6,11-13,18H,7-10H2,1-2H3/t11-,12-,13-/m0/s1. The molecular formula is C15H22FNO3. The SMILES string of the molecule is C[C@H]1CN(C[C@H](O)COc2ccccc2F)C[C@H](C)O1. The summed E-state index contributed by atoms with van der Waals surface area (Å²) in [5, 5.41) is 10.00. The number of β-amino-alcohol motifs (C(OH)–C–C–N with tert-alkyl or cyclic N) is 1. The van der Waals surface area contributed by atoms with Gasteiger partial charge in [0.2, 0.25) is 0 Å². The summed E-state index contributed by atoms with van der Waals surface area (Å²) in [6.07, 6.45) is -0.316. The van der Waals surface area contributed by atoms with Gasteiger partial charge in [-0.3, -0.25) is 4.90 Å². The molecule has 1 heterocycles. The van der Waals surface area contributed by atoms with Gasteiger partial charge in [-0.2, -0.15) is 0 Å². The van der Waals surface area contributed by atoms with Crippen LogP contribution in [0.2, 0.25) is 0 Å². The highest BCUT2D eigenvalue weighted by Crippen LogP contribution is 2.16. The molecule has 0 saturated carbocycles. The number of hydrogen-bond acceptors (Lipinski definition) is 4. The lowest BCUT2D eigenvalue weighted by molar-refractivity contribution is -0.0787. The molecule has 5 heteroatoms. The van der Waals surface area contributed by atoms with Crippen LogP contribution in [0.4, 0.5) is 4.39 Å². The van der Waals surface area contributed by atoms with Crippen molar-refractivity contribution in [3.05, 3.63) is 30.1 Å². The molecule has 1 aromatic rings. The molecule has 112 valence electrons. The molecule has 0 amide bonds. The Bertz CT molecular complexity index is 419. The summed E-state index contributed by atoms with van der Waals surface area (Å²) < 4.78 is 24.3. The molecule has 0 radical (unpaired) electrons. The number of hydrogen-bond donors (Lipinski definition) is 1. The van der Waals surface area contributed by atoms with Crippen LogP contribution in [0.3, 0.4) is 0 Å². The lowest BCUT2D eigenvalue weighted by atomic mass is 10.2. The van der Waals surface area contributed by atoms with Gasteiger partial charge in [-0.1, -0.05) is 12.1 Å². The zero-order chi connectivity index (χ0) is 14.5. The van der Waals surface area contributed by atoms with E-state index in [4.69, 9.17) is 9.47 Å². The van der Waals surface area contributed by atoms with E-state index >= 15 is 0 Å². The first kappa shape index (κ1) is 15.2. The molecular weight excluding hydrogens is 261 g/mol. The topological polar surface area (TPSA) is 41.9 Å². The average molecular weight is 283 g/mol. The van der Waals surface area contributed by atoms with Crippen molar-refractivity contribution in [2.24, 2.45) is 0 Å². The summed E-state index contributed by atoms with van der Waals surface area (Å²) in [5.74, 6) is -0.233. The smallest absolute Gasteiger partial charge is 0.165 e. The Hall–Kier alpha value is -1.17. The van der Waals surface area contributed by atoms with Gasteiger partial charge in [-0.25, -0.2) is 4.39 Å². The zero-order valence-corrected chi connectivity index (χ0v) is 12.0. The van der Waals surface area contributed by atoms with Crippen LogP contribution in [-0.4, -0.2) is 54.6 Å². The minimum absolute atomic E-state index is 0.0844. The molecule has 1 aliphatic heterocycles. The molecule has 1 N–H and O–H groups in total. The van der Waals surface area contributed by atoms with Crippen LogP contribution in [0, 0.1) is 5.82 Å². The number of nitrogens with zero attached hydrogens (tertiary/aromatic N) is 1. The fourth-order valence-corrected chi connectivity index (χ4v) is 2.53. The highest BCUT2D eigenvalue weighted by Gasteiger charge is 2.24. The summed E-state index contributed by atoms with van der Waals surface area (Å²) in [6, 6.07) is 6.21. The van der Waals surface area contributed by atoms with Gasteiger partial charge in [-0.15, -0.1) is 0 Å². The Balaban J connectivity index is 1.78. The lowest BCUT2D eigenvalue weighted by Gasteiger charge is -2.36. The Labute approximate surface area is 119 Å². The fraction of sp³-hybridized carbons (Fsp3) is 0.600. The van der Waals surface area contributed by atoms with E-state index in [1.54, 1.807) is 18.2 Å². The number of rotatable bonds is 5. The van der Waals surface area contributed by atoms with Gasteiger partial charge in [0, 0.05) is 19.6 Å². The molecule has 1 aromatic carbocycles. The molecule has 3 atom stereocenters. The number of benzene rings is 1. The number of morpholine rings is 1. The maximum atomic E-state index is 13.4. The second-order valence-electron chi connectivity index (χ2n) is 5.37. The third-order valence-electron chi connectivity index (χ3n) is 3.23. The van der Waals surface area contributed by atoms with Crippen LogP contribution in [0.5, 0.6) is 5.75 Å². The Morgan fingerprint density at radius 1 is 1.35 bits per heavy atom. The molecule has 1 fully saturated rings. The van der Waals surface area contributed by atoms with E-state index in [0.29, 0.717) is 6.54 Å². The number of para-hydroxylation sites is 1. The van der Waals surface area contributed by atoms with Gasteiger partial charge >= 0.3 is 0 Å². The van der Waals surface area contributed by atoms with Crippen molar-refractivity contribution < 1.29 is 19.0 Å². The van der Waals surface area contributed by atoms with Gasteiger partial charge in [0.05, 0.1) is 12.2 Å². The van der Waals surface area contributed by atoms with Crippen molar-refractivity contribution in [3.8, 4) is 5.75 Å².